The molecular formula is C20H32N2O3. The molecule has 5 fully saturated rings. The first-order valence-electron chi connectivity index (χ1n) is 10.3. The molecule has 2 saturated carbocycles. The van der Waals surface area contributed by atoms with Gasteiger partial charge in [0.1, 0.15) is 11.7 Å². The topological polar surface area (TPSA) is 45.3 Å². The van der Waals surface area contributed by atoms with E-state index in [1.807, 2.05) is 0 Å². The van der Waals surface area contributed by atoms with Crippen LogP contribution in [0.1, 0.15) is 39.5 Å². The lowest BCUT2D eigenvalue weighted by atomic mass is 9.55. The molecule has 140 valence electrons. The van der Waals surface area contributed by atoms with Gasteiger partial charge in [0.25, 0.3) is 0 Å². The highest BCUT2D eigenvalue weighted by atomic mass is 16.7. The number of hydrogen-bond acceptors (Lipinski definition) is 5. The minimum Gasteiger partial charge on any atom is -0.455 e. The van der Waals surface area contributed by atoms with Crippen LogP contribution in [0.2, 0.25) is 0 Å². The molecule has 0 aromatic carbocycles. The summed E-state index contributed by atoms with van der Waals surface area (Å²) in [4.78, 5) is 17.8. The molecule has 0 N–H and O–H groups in total. The summed E-state index contributed by atoms with van der Waals surface area (Å²) in [6.07, 6.45) is 4.78. The Balaban J connectivity index is 1.41. The van der Waals surface area contributed by atoms with E-state index in [1.54, 1.807) is 0 Å². The maximum Gasteiger partial charge on any atom is 0.311 e. The van der Waals surface area contributed by atoms with Crippen molar-refractivity contribution < 1.29 is 14.3 Å². The molecule has 3 aliphatic heterocycles. The minimum atomic E-state index is -0.320. The number of carbonyl (C=O) groups excluding carboxylic acids is 1. The summed E-state index contributed by atoms with van der Waals surface area (Å²) in [5.41, 5.74) is -0.353. The average molecular weight is 348 g/mol. The molecule has 3 saturated heterocycles. The Hall–Kier alpha value is -0.650. The van der Waals surface area contributed by atoms with E-state index in [-0.39, 0.29) is 29.2 Å². The number of hydrogen-bond donors (Lipinski definition) is 0. The van der Waals surface area contributed by atoms with Crippen LogP contribution < -0.4 is 0 Å². The molecule has 5 nitrogen and oxygen atoms in total. The highest BCUT2D eigenvalue weighted by Gasteiger charge is 2.77. The molecule has 0 amide bonds. The van der Waals surface area contributed by atoms with E-state index in [4.69, 9.17) is 9.47 Å². The zero-order valence-electron chi connectivity index (χ0n) is 15.9. The van der Waals surface area contributed by atoms with E-state index in [0.29, 0.717) is 17.8 Å². The van der Waals surface area contributed by atoms with Crippen LogP contribution in [0.4, 0.5) is 0 Å². The van der Waals surface area contributed by atoms with Gasteiger partial charge in [0.05, 0.1) is 11.5 Å². The largest absolute Gasteiger partial charge is 0.455 e. The third-order valence-corrected chi connectivity index (χ3v) is 8.14. The van der Waals surface area contributed by atoms with Crippen LogP contribution in [0.25, 0.3) is 0 Å². The van der Waals surface area contributed by atoms with Crippen LogP contribution in [-0.4, -0.2) is 72.8 Å². The first kappa shape index (κ1) is 16.5. The number of esters is 1. The summed E-state index contributed by atoms with van der Waals surface area (Å²) in [6.45, 7) is 9.79. The summed E-state index contributed by atoms with van der Waals surface area (Å²) >= 11 is 0. The first-order chi connectivity index (χ1) is 11.9. The van der Waals surface area contributed by atoms with E-state index in [1.165, 1.54) is 6.42 Å². The fourth-order valence-corrected chi connectivity index (χ4v) is 6.57. The van der Waals surface area contributed by atoms with Crippen molar-refractivity contribution in [1.82, 2.24) is 9.80 Å². The molecule has 0 aromatic heterocycles. The maximum absolute atomic E-state index is 13.0. The molecule has 25 heavy (non-hydrogen) atoms. The smallest absolute Gasteiger partial charge is 0.311 e. The lowest BCUT2D eigenvalue weighted by molar-refractivity contribution is -0.168. The Labute approximate surface area is 151 Å². The van der Waals surface area contributed by atoms with Crippen molar-refractivity contribution in [2.45, 2.75) is 56.8 Å². The molecule has 5 aliphatic rings. The third kappa shape index (κ3) is 2.28. The first-order valence-corrected chi connectivity index (χ1v) is 10.3. The second kappa shape index (κ2) is 5.43. The maximum atomic E-state index is 13.0. The van der Waals surface area contributed by atoms with Gasteiger partial charge in [0.15, 0.2) is 0 Å². The fourth-order valence-electron chi connectivity index (χ4n) is 6.57. The fraction of sp³-hybridized carbons (Fsp3) is 0.950. The zero-order chi connectivity index (χ0) is 17.4. The summed E-state index contributed by atoms with van der Waals surface area (Å²) in [7, 11) is 2.18. The summed E-state index contributed by atoms with van der Waals surface area (Å²) in [5.74, 6) is 1.59. The van der Waals surface area contributed by atoms with E-state index < -0.39 is 0 Å². The van der Waals surface area contributed by atoms with E-state index >= 15 is 0 Å². The van der Waals surface area contributed by atoms with E-state index in [9.17, 15) is 4.79 Å². The number of fused-ring (bicyclic) bond motifs is 1. The van der Waals surface area contributed by atoms with Crippen molar-refractivity contribution in [2.24, 2.45) is 23.7 Å². The Morgan fingerprint density at radius 2 is 1.88 bits per heavy atom. The highest BCUT2D eigenvalue weighted by molar-refractivity contribution is 5.77. The van der Waals surface area contributed by atoms with Crippen LogP contribution in [0.15, 0.2) is 0 Å². The molecule has 0 unspecified atom stereocenters. The van der Waals surface area contributed by atoms with Crippen molar-refractivity contribution in [1.29, 1.82) is 0 Å². The lowest BCUT2D eigenvalue weighted by Crippen LogP contribution is -2.58. The Morgan fingerprint density at radius 1 is 1.12 bits per heavy atom. The Bertz CT molecular complexity index is 575. The Kier molecular flexibility index (Phi) is 3.59. The van der Waals surface area contributed by atoms with Gasteiger partial charge in [-0.05, 0) is 45.6 Å². The molecule has 5 heteroatoms. The SMILES string of the molecule is C[C@H]1CC[C@@H]2[C@@H](CN3CCN(C)CC3)C(=O)O[C@]23[C@H]1CC[C@@]1(C)O[C@@H]31. The van der Waals surface area contributed by atoms with Gasteiger partial charge >= 0.3 is 5.97 Å². The van der Waals surface area contributed by atoms with Crippen molar-refractivity contribution in [2.75, 3.05) is 39.8 Å². The molecule has 5 rings (SSSR count). The van der Waals surface area contributed by atoms with Gasteiger partial charge in [-0.15, -0.1) is 0 Å². The predicted octanol–water partition coefficient (Wildman–Crippen LogP) is 1.76. The van der Waals surface area contributed by atoms with E-state index in [0.717, 1.165) is 52.0 Å². The molecule has 7 atom stereocenters. The number of epoxide rings is 1. The molecule has 0 radical (unpaired) electrons. The minimum absolute atomic E-state index is 0.0329. The molecule has 2 aliphatic carbocycles. The van der Waals surface area contributed by atoms with Crippen LogP contribution in [0, 0.1) is 23.7 Å². The van der Waals surface area contributed by atoms with Crippen molar-refractivity contribution in [3.05, 3.63) is 0 Å². The third-order valence-electron chi connectivity index (χ3n) is 8.14. The van der Waals surface area contributed by atoms with Gasteiger partial charge in [0.2, 0.25) is 0 Å². The molecule has 0 aromatic rings. The standard InChI is InChI=1S/C20H32N2O3/c1-13-4-5-16-14(12-22-10-8-21(3)9-11-22)17(23)24-20(16)15(13)6-7-19(2)18(20)25-19/h13-16,18H,4-12H2,1-3H3/t13-,14+,15-,16+,18+,19+,20+/m0/s1. The van der Waals surface area contributed by atoms with Gasteiger partial charge in [-0.1, -0.05) is 6.92 Å². The monoisotopic (exact) mass is 348 g/mol. The lowest BCUT2D eigenvalue weighted by Gasteiger charge is -2.50. The number of nitrogens with zero attached hydrogens (tertiary/aromatic N) is 2. The van der Waals surface area contributed by atoms with Gasteiger partial charge in [-0.25, -0.2) is 0 Å². The number of ether oxygens (including phenoxy) is 2. The van der Waals surface area contributed by atoms with Gasteiger partial charge in [-0.2, -0.15) is 0 Å². The highest BCUT2D eigenvalue weighted by Crippen LogP contribution is 2.66. The van der Waals surface area contributed by atoms with Crippen molar-refractivity contribution in [3.8, 4) is 0 Å². The predicted molar refractivity (Wildman–Crippen MR) is 94.1 cm³/mol. The summed E-state index contributed by atoms with van der Waals surface area (Å²) < 4.78 is 12.5. The van der Waals surface area contributed by atoms with Gasteiger partial charge in [0, 0.05) is 44.6 Å². The number of likely N-dealkylation sites (N-methyl/N-ethyl adjacent to an activating group) is 1. The van der Waals surface area contributed by atoms with Gasteiger partial charge < -0.3 is 14.4 Å². The summed E-state index contributed by atoms with van der Waals surface area (Å²) in [5, 5.41) is 0. The molecule has 1 spiro atoms. The van der Waals surface area contributed by atoms with E-state index in [2.05, 4.69) is 30.7 Å². The quantitative estimate of drug-likeness (QED) is 0.562. The van der Waals surface area contributed by atoms with Crippen LogP contribution >= 0.6 is 0 Å². The molecular weight excluding hydrogens is 316 g/mol. The molecule has 0 bridgehead atoms. The summed E-state index contributed by atoms with van der Waals surface area (Å²) in [6, 6.07) is 0. The second-order valence-electron chi connectivity index (χ2n) is 9.60. The molecule has 3 heterocycles. The van der Waals surface area contributed by atoms with Gasteiger partial charge in [-0.3, -0.25) is 9.69 Å². The number of carbonyl (C=O) groups is 1. The Morgan fingerprint density at radius 3 is 2.64 bits per heavy atom. The number of piperazine rings is 1. The van der Waals surface area contributed by atoms with Crippen LogP contribution in [0.3, 0.4) is 0 Å². The van der Waals surface area contributed by atoms with Crippen LogP contribution in [0.5, 0.6) is 0 Å². The zero-order valence-corrected chi connectivity index (χ0v) is 15.9. The number of rotatable bonds is 2. The van der Waals surface area contributed by atoms with Crippen molar-refractivity contribution in [3.63, 3.8) is 0 Å². The average Bonchev–Trinajstić information content (AvgIpc) is 3.20. The van der Waals surface area contributed by atoms with Crippen LogP contribution in [-0.2, 0) is 14.3 Å². The second-order valence-corrected chi connectivity index (χ2v) is 9.60. The van der Waals surface area contributed by atoms with Crippen molar-refractivity contribution >= 4 is 5.97 Å². The normalized spacial score (nSPS) is 52.9.